The Morgan fingerprint density at radius 1 is 0.394 bits per heavy atom. The molecule has 9 rings (SSSR count). The lowest BCUT2D eigenvalue weighted by Gasteiger charge is -2.42. The summed E-state index contributed by atoms with van der Waals surface area (Å²) in [4.78, 5) is 73.1. The van der Waals surface area contributed by atoms with Crippen LogP contribution >= 0.6 is 15.9 Å². The van der Waals surface area contributed by atoms with E-state index in [-0.39, 0.29) is 168 Å². The van der Waals surface area contributed by atoms with Crippen LogP contribution in [-0.2, 0) is 168 Å². The molecule has 49 heteroatoms. The Labute approximate surface area is 743 Å². The second kappa shape index (κ2) is 56.5. The molecule has 48 nitrogen and oxygen atoms in total. The first-order chi connectivity index (χ1) is 61.5. The number of nitrogens with zero attached hydrogens (tertiary/aromatic N) is 9. The molecule has 6 saturated heterocycles. The van der Waals surface area contributed by atoms with Gasteiger partial charge in [0.1, 0.15) is 94.2 Å². The summed E-state index contributed by atoms with van der Waals surface area (Å²) in [6, 6.07) is -2.74. The minimum atomic E-state index is -1.35. The average Bonchev–Trinajstić information content (AvgIpc) is 1.62. The molecule has 6 aliphatic heterocycles. The number of rotatable bonds is 71. The van der Waals surface area contributed by atoms with Gasteiger partial charge in [-0.1, -0.05) is 44.4 Å². The van der Waals surface area contributed by atoms with E-state index in [0.717, 1.165) is 12.8 Å². The second-order valence-corrected chi connectivity index (χ2v) is 32.0. The van der Waals surface area contributed by atoms with Gasteiger partial charge >= 0.3 is 0 Å². The highest BCUT2D eigenvalue weighted by Gasteiger charge is 2.62. The van der Waals surface area contributed by atoms with Gasteiger partial charge in [-0.3, -0.25) is 28.8 Å². The van der Waals surface area contributed by atoms with Crippen LogP contribution in [0, 0.1) is 0 Å². The summed E-state index contributed by atoms with van der Waals surface area (Å²) in [5.74, 6) is -1.64. The summed E-state index contributed by atoms with van der Waals surface area (Å²) in [6.45, 7) is 10.9. The van der Waals surface area contributed by atoms with E-state index in [1.165, 1.54) is 20.8 Å². The minimum absolute atomic E-state index is 0.0189. The predicted molar refractivity (Wildman–Crippen MR) is 436 cm³/mol. The Morgan fingerprint density at radius 3 is 0.976 bits per heavy atom. The molecule has 0 spiro atoms. The standard InChI is InChI=1S/C78H130BrN15O33/c1-54(95)82-63-66(101)69(104)76(51-122-72(63)125-76)48-116-35-32-113-29-26-110-23-20-107-17-14-92-39-57(86-89-92)42-119-45-75(85-61(99)11-7-5-8-12-80-60(98)10-6-4-9-13-81-62(100)38-79,46-120-43-58-40-93(90-87-58)15-18-108-21-24-111-27-30-114-33-36-117-49-77-52-123-73(126-77)64(83-55(2)96)67(102)70(77)105)47-121-44-59-41-94(91-88-59)16-19-109-22-25-112-28-31-115-34-37-118-50-78-53-124-74(127-78)65(84-56(3)97)68(103)71(78)106/h39-41,63-74,101-106H,4-38,42-53H2,1-3H3,(H,80,98)(H,81,100)(H,82,95)(H,83,96)(H,84,97)(H,85,99)/t63-,64-,65-,66-,67-,68-,69-,70-,71-,72+,73+,74+,76-,77-,78-/m1/s1. The lowest BCUT2D eigenvalue weighted by atomic mass is 9.88. The fourth-order valence-corrected chi connectivity index (χ4v) is 14.6. The minimum Gasteiger partial charge on any atom is -0.388 e. The van der Waals surface area contributed by atoms with Crippen molar-refractivity contribution in [1.82, 2.24) is 76.9 Å². The molecule has 6 fully saturated rings. The first-order valence-electron chi connectivity index (χ1n) is 43.0. The largest absolute Gasteiger partial charge is 0.388 e. The highest BCUT2D eigenvalue weighted by Crippen LogP contribution is 2.40. The molecule has 0 radical (unpaired) electrons. The second-order valence-electron chi connectivity index (χ2n) is 31.4. The maximum atomic E-state index is 14.2. The van der Waals surface area contributed by atoms with Crippen LogP contribution in [0.5, 0.6) is 0 Å². The van der Waals surface area contributed by atoms with Crippen LogP contribution in [0.4, 0.5) is 0 Å². The number of hydrogen-bond acceptors (Lipinski definition) is 39. The van der Waals surface area contributed by atoms with Crippen molar-refractivity contribution in [2.24, 2.45) is 0 Å². The highest BCUT2D eigenvalue weighted by molar-refractivity contribution is 9.09. The smallest absolute Gasteiger partial charge is 0.230 e. The van der Waals surface area contributed by atoms with Crippen molar-refractivity contribution in [2.45, 2.75) is 208 Å². The third-order valence-electron chi connectivity index (χ3n) is 21.0. The fraction of sp³-hybridized carbons (Fsp3) is 0.846. The number of fused-ring (bicyclic) bond motifs is 6. The number of carbonyl (C=O) groups is 6. The summed E-state index contributed by atoms with van der Waals surface area (Å²) in [7, 11) is 0. The third-order valence-corrected chi connectivity index (χ3v) is 21.5. The van der Waals surface area contributed by atoms with E-state index in [0.29, 0.717) is 161 Å². The predicted octanol–water partition coefficient (Wildman–Crippen LogP) is -5.73. The molecule has 0 aromatic carbocycles. The maximum absolute atomic E-state index is 14.2. The van der Waals surface area contributed by atoms with Crippen LogP contribution in [0.25, 0.3) is 0 Å². The van der Waals surface area contributed by atoms with Gasteiger partial charge in [0.2, 0.25) is 35.4 Å². The fourth-order valence-electron chi connectivity index (χ4n) is 14.4. The Bertz CT molecular complexity index is 3360. The van der Waals surface area contributed by atoms with Crippen LogP contribution in [0.3, 0.4) is 0 Å². The molecule has 0 unspecified atom stereocenters. The molecule has 3 aromatic rings. The summed E-state index contributed by atoms with van der Waals surface area (Å²) in [6.07, 6.45) is -1.04. The summed E-state index contributed by atoms with van der Waals surface area (Å²) in [5.41, 5.74) is -3.70. The zero-order chi connectivity index (χ0) is 90.5. The van der Waals surface area contributed by atoms with Crippen LogP contribution in [0.2, 0.25) is 0 Å². The zero-order valence-corrected chi connectivity index (χ0v) is 74.1. The van der Waals surface area contributed by atoms with Gasteiger partial charge in [0.15, 0.2) is 18.9 Å². The zero-order valence-electron chi connectivity index (χ0n) is 72.5. The van der Waals surface area contributed by atoms with Gasteiger partial charge in [0.05, 0.1) is 262 Å². The van der Waals surface area contributed by atoms with Crippen molar-refractivity contribution in [3.05, 3.63) is 35.7 Å². The van der Waals surface area contributed by atoms with Crippen LogP contribution in [-0.4, -0.2) is 424 Å². The molecule has 15 atom stereocenters. The molecule has 0 aliphatic carbocycles. The van der Waals surface area contributed by atoms with E-state index in [9.17, 15) is 59.4 Å². The SMILES string of the molecule is CC(=O)N[C@H]1[C@H]2OC[C@@](COCCOCCOCCOCCn3cc(COCC(COCc4cn(CCOCCOCCOCCOC[C@]56CO[C@@H](O5)[C@H](NC(C)=O)[C@@H](O)[C@H]6O)nn4)(COCc4cn(CCOCCOCCOCCOC[C@]56CO[C@@H](O5)[C@H](NC(C)=O)[C@@H](O)[C@H]6O)nn4)NC(=O)CCCCCNC(=O)CCCCCNC(=O)CBr)nn3)(O2)[C@H](O)[C@@H]1O. The topological polar surface area (TPSA) is 582 Å². The number of carbonyl (C=O) groups excluding carboxylic acids is 6. The van der Waals surface area contributed by atoms with Gasteiger partial charge in [-0.25, -0.2) is 14.0 Å². The van der Waals surface area contributed by atoms with Crippen LogP contribution in [0.15, 0.2) is 18.6 Å². The number of nitrogens with one attached hydrogen (secondary N) is 6. The van der Waals surface area contributed by atoms with E-state index in [1.54, 1.807) is 32.6 Å². The lowest BCUT2D eigenvalue weighted by molar-refractivity contribution is -0.238. The number of unbranched alkanes of at least 4 members (excludes halogenated alkanes) is 4. The number of halogens is 1. The maximum Gasteiger partial charge on any atom is 0.230 e. The van der Waals surface area contributed by atoms with Crippen molar-refractivity contribution in [2.75, 3.05) is 217 Å². The van der Waals surface area contributed by atoms with Crippen molar-refractivity contribution >= 4 is 51.4 Å². The molecule has 6 aliphatic rings. The summed E-state index contributed by atoms with van der Waals surface area (Å²) < 4.78 is 127. The summed E-state index contributed by atoms with van der Waals surface area (Å²) >= 11 is 3.13. The van der Waals surface area contributed by atoms with Crippen molar-refractivity contribution in [3.8, 4) is 0 Å². The number of aliphatic hydroxyl groups is 6. The van der Waals surface area contributed by atoms with Crippen molar-refractivity contribution < 1.29 is 159 Å². The van der Waals surface area contributed by atoms with Gasteiger partial charge in [-0.15, -0.1) is 15.3 Å². The van der Waals surface area contributed by atoms with E-state index in [1.807, 2.05) is 0 Å². The van der Waals surface area contributed by atoms with Crippen LogP contribution in [0.1, 0.15) is 89.2 Å². The van der Waals surface area contributed by atoms with Gasteiger partial charge in [-0.05, 0) is 25.7 Å². The number of hydrogen-bond donors (Lipinski definition) is 12. The first-order valence-corrected chi connectivity index (χ1v) is 44.2. The first kappa shape index (κ1) is 104. The number of ether oxygens (including phenoxy) is 21. The van der Waals surface area contributed by atoms with Crippen molar-refractivity contribution in [3.63, 3.8) is 0 Å². The van der Waals surface area contributed by atoms with Crippen LogP contribution < -0.4 is 31.9 Å². The van der Waals surface area contributed by atoms with Gasteiger partial charge in [-0.2, -0.15) is 0 Å². The molecular formula is C78H130BrN15O33. The Hall–Kier alpha value is -6.36. The number of aromatic nitrogens is 9. The molecule has 12 N–H and O–H groups in total. The number of amides is 6. The van der Waals surface area contributed by atoms with Crippen molar-refractivity contribution in [1.29, 1.82) is 0 Å². The molecule has 3 aromatic heterocycles. The lowest BCUT2D eigenvalue weighted by Crippen LogP contribution is -2.66. The molecule has 127 heavy (non-hydrogen) atoms. The van der Waals surface area contributed by atoms with Gasteiger partial charge in [0.25, 0.3) is 0 Å². The monoisotopic (exact) mass is 1880 g/mol. The van der Waals surface area contributed by atoms with E-state index >= 15 is 0 Å². The molecule has 9 heterocycles. The quantitative estimate of drug-likeness (QED) is 0.0185. The van der Waals surface area contributed by atoms with E-state index in [2.05, 4.69) is 78.8 Å². The normalized spacial score (nSPS) is 25.4. The molecule has 0 saturated carbocycles. The Kier molecular flexibility index (Phi) is 46.4. The van der Waals surface area contributed by atoms with Gasteiger partial charge < -0.3 is 162 Å². The average molecular weight is 1890 g/mol. The summed E-state index contributed by atoms with van der Waals surface area (Å²) in [5, 5.41) is 107. The molecule has 6 amide bonds. The molecule has 6 bridgehead atoms. The number of alkyl halides is 1. The Morgan fingerprint density at radius 2 is 0.677 bits per heavy atom. The molecular weight excluding hydrogens is 1750 g/mol. The third kappa shape index (κ3) is 35.3. The molecule has 722 valence electrons. The number of aliphatic hydroxyl groups excluding tert-OH is 6. The van der Waals surface area contributed by atoms with E-state index in [4.69, 9.17) is 99.5 Å². The highest BCUT2D eigenvalue weighted by atomic mass is 79.9. The van der Waals surface area contributed by atoms with Gasteiger partial charge in [0, 0.05) is 46.7 Å². The van der Waals surface area contributed by atoms with E-state index < -0.39 is 114 Å². The Balaban J connectivity index is 0.703.